The summed E-state index contributed by atoms with van der Waals surface area (Å²) >= 11 is 5.63. The van der Waals surface area contributed by atoms with Crippen LogP contribution in [0.4, 0.5) is 0 Å². The molecule has 0 aliphatic heterocycles. The number of halogens is 1. The van der Waals surface area contributed by atoms with Crippen LogP contribution in [-0.2, 0) is 6.54 Å². The topological polar surface area (TPSA) is 69.9 Å². The number of nitrogens with zero attached hydrogens (tertiary/aromatic N) is 4. The molecule has 1 amide bonds. The number of amides is 1. The number of nitriles is 1. The Kier molecular flexibility index (Phi) is 4.28. The largest absolute Gasteiger partial charge is 0.336 e. The maximum atomic E-state index is 12.1. The number of aromatic nitrogens is 2. The van der Waals surface area contributed by atoms with Crippen molar-refractivity contribution in [1.82, 2.24) is 15.1 Å². The van der Waals surface area contributed by atoms with Gasteiger partial charge >= 0.3 is 0 Å². The monoisotopic (exact) mass is 286 g/mol. The fourth-order valence-electron chi connectivity index (χ4n) is 1.71. The van der Waals surface area contributed by atoms with Crippen molar-refractivity contribution in [2.75, 3.05) is 7.05 Å². The smallest absolute Gasteiger partial charge is 0.274 e. The van der Waals surface area contributed by atoms with Crippen molar-refractivity contribution in [2.24, 2.45) is 0 Å². The van der Waals surface area contributed by atoms with E-state index in [1.54, 1.807) is 25.2 Å². The van der Waals surface area contributed by atoms with E-state index in [0.717, 1.165) is 5.56 Å². The standard InChI is InChI=1S/C14H11ClN4O/c1-19(9-11-4-2-3-10(7-11)8-16)14(20)12-5-6-13(15)18-17-12/h2-7H,9H2,1H3. The second-order valence-electron chi connectivity index (χ2n) is 4.21. The van der Waals surface area contributed by atoms with Crippen LogP contribution < -0.4 is 0 Å². The van der Waals surface area contributed by atoms with Gasteiger partial charge in [0.05, 0.1) is 11.6 Å². The first-order valence-corrected chi connectivity index (χ1v) is 6.21. The summed E-state index contributed by atoms with van der Waals surface area (Å²) < 4.78 is 0. The SMILES string of the molecule is CN(Cc1cccc(C#N)c1)C(=O)c1ccc(Cl)nn1. The highest BCUT2D eigenvalue weighted by Crippen LogP contribution is 2.10. The van der Waals surface area contributed by atoms with Crippen molar-refractivity contribution in [1.29, 1.82) is 5.26 Å². The van der Waals surface area contributed by atoms with Crippen LogP contribution in [-0.4, -0.2) is 28.1 Å². The van der Waals surface area contributed by atoms with E-state index in [0.29, 0.717) is 12.1 Å². The summed E-state index contributed by atoms with van der Waals surface area (Å²) in [4.78, 5) is 13.6. The third-order valence-corrected chi connectivity index (χ3v) is 2.88. The van der Waals surface area contributed by atoms with Crippen LogP contribution in [0.2, 0.25) is 5.15 Å². The first-order chi connectivity index (χ1) is 9.60. The Labute approximate surface area is 121 Å². The highest BCUT2D eigenvalue weighted by Gasteiger charge is 2.14. The number of benzene rings is 1. The quantitative estimate of drug-likeness (QED) is 0.868. The minimum absolute atomic E-state index is 0.230. The molecular formula is C14H11ClN4O. The van der Waals surface area contributed by atoms with Crippen LogP contribution in [0.15, 0.2) is 36.4 Å². The zero-order valence-electron chi connectivity index (χ0n) is 10.7. The molecule has 0 spiro atoms. The molecule has 1 aromatic carbocycles. The van der Waals surface area contributed by atoms with E-state index in [1.807, 2.05) is 6.07 Å². The van der Waals surface area contributed by atoms with E-state index in [2.05, 4.69) is 16.3 Å². The van der Waals surface area contributed by atoms with Gasteiger partial charge in [0.1, 0.15) is 0 Å². The Morgan fingerprint density at radius 1 is 1.35 bits per heavy atom. The molecule has 20 heavy (non-hydrogen) atoms. The lowest BCUT2D eigenvalue weighted by atomic mass is 10.1. The molecule has 2 aromatic rings. The van der Waals surface area contributed by atoms with E-state index in [9.17, 15) is 4.79 Å². The van der Waals surface area contributed by atoms with Crippen LogP contribution >= 0.6 is 11.6 Å². The zero-order chi connectivity index (χ0) is 14.5. The highest BCUT2D eigenvalue weighted by molar-refractivity contribution is 6.29. The predicted molar refractivity (Wildman–Crippen MR) is 74.0 cm³/mol. The van der Waals surface area contributed by atoms with Gasteiger partial charge in [0.2, 0.25) is 0 Å². The summed E-state index contributed by atoms with van der Waals surface area (Å²) in [5.41, 5.74) is 1.67. The maximum absolute atomic E-state index is 12.1. The molecule has 0 atom stereocenters. The summed E-state index contributed by atoms with van der Waals surface area (Å²) in [6.45, 7) is 0.388. The van der Waals surface area contributed by atoms with Crippen molar-refractivity contribution in [2.45, 2.75) is 6.54 Å². The number of hydrogen-bond donors (Lipinski definition) is 0. The Morgan fingerprint density at radius 3 is 2.80 bits per heavy atom. The van der Waals surface area contributed by atoms with E-state index in [4.69, 9.17) is 16.9 Å². The van der Waals surface area contributed by atoms with Gasteiger partial charge < -0.3 is 4.90 Å². The van der Waals surface area contributed by atoms with Crippen molar-refractivity contribution >= 4 is 17.5 Å². The fraction of sp³-hybridized carbons (Fsp3) is 0.143. The minimum atomic E-state index is -0.253. The second kappa shape index (κ2) is 6.13. The fourth-order valence-corrected chi connectivity index (χ4v) is 1.81. The Morgan fingerprint density at radius 2 is 2.15 bits per heavy atom. The minimum Gasteiger partial charge on any atom is -0.336 e. The average molecular weight is 287 g/mol. The van der Waals surface area contributed by atoms with E-state index >= 15 is 0 Å². The van der Waals surface area contributed by atoms with Crippen molar-refractivity contribution < 1.29 is 4.79 Å². The number of carbonyl (C=O) groups excluding carboxylic acids is 1. The number of hydrogen-bond acceptors (Lipinski definition) is 4. The van der Waals surface area contributed by atoms with Gasteiger partial charge in [-0.3, -0.25) is 4.79 Å². The van der Waals surface area contributed by atoms with Gasteiger partial charge in [-0.15, -0.1) is 10.2 Å². The molecule has 1 aromatic heterocycles. The molecule has 0 aliphatic carbocycles. The molecule has 0 saturated heterocycles. The van der Waals surface area contributed by atoms with Crippen molar-refractivity contribution in [3.63, 3.8) is 0 Å². The molecule has 0 radical (unpaired) electrons. The lowest BCUT2D eigenvalue weighted by Crippen LogP contribution is -2.27. The molecule has 0 unspecified atom stereocenters. The normalized spacial score (nSPS) is 9.85. The Hall–Kier alpha value is -2.45. The molecule has 0 aliphatic rings. The van der Waals surface area contributed by atoms with Gasteiger partial charge in [0.25, 0.3) is 5.91 Å². The van der Waals surface area contributed by atoms with Crippen LogP contribution in [0, 0.1) is 11.3 Å². The third kappa shape index (κ3) is 3.31. The van der Waals surface area contributed by atoms with Crippen LogP contribution in [0.25, 0.3) is 0 Å². The number of rotatable bonds is 3. The van der Waals surface area contributed by atoms with E-state index in [1.165, 1.54) is 17.0 Å². The van der Waals surface area contributed by atoms with Crippen molar-refractivity contribution in [3.05, 3.63) is 58.4 Å². The van der Waals surface area contributed by atoms with Gasteiger partial charge in [-0.25, -0.2) is 0 Å². The van der Waals surface area contributed by atoms with E-state index in [-0.39, 0.29) is 16.8 Å². The van der Waals surface area contributed by atoms with Crippen LogP contribution in [0.5, 0.6) is 0 Å². The second-order valence-corrected chi connectivity index (χ2v) is 4.60. The average Bonchev–Trinajstić information content (AvgIpc) is 2.47. The van der Waals surface area contributed by atoms with Crippen LogP contribution in [0.1, 0.15) is 21.6 Å². The Balaban J connectivity index is 2.11. The molecular weight excluding hydrogens is 276 g/mol. The molecule has 5 nitrogen and oxygen atoms in total. The van der Waals surface area contributed by atoms with Crippen LogP contribution in [0.3, 0.4) is 0 Å². The highest BCUT2D eigenvalue weighted by atomic mass is 35.5. The van der Waals surface area contributed by atoms with Crippen molar-refractivity contribution in [3.8, 4) is 6.07 Å². The molecule has 0 saturated carbocycles. The van der Waals surface area contributed by atoms with E-state index < -0.39 is 0 Å². The van der Waals surface area contributed by atoms with Gasteiger partial charge in [-0.05, 0) is 29.8 Å². The summed E-state index contributed by atoms with van der Waals surface area (Å²) in [5, 5.41) is 16.5. The lowest BCUT2D eigenvalue weighted by Gasteiger charge is -2.16. The molecule has 6 heteroatoms. The molecule has 0 fully saturated rings. The van der Waals surface area contributed by atoms with Gasteiger partial charge in [0, 0.05) is 13.6 Å². The molecule has 0 bridgehead atoms. The summed E-state index contributed by atoms with van der Waals surface area (Å²) in [5.74, 6) is -0.253. The molecule has 1 heterocycles. The molecule has 0 N–H and O–H groups in total. The van der Waals surface area contributed by atoms with Gasteiger partial charge in [-0.2, -0.15) is 5.26 Å². The third-order valence-electron chi connectivity index (χ3n) is 2.67. The van der Waals surface area contributed by atoms with Gasteiger partial charge in [0.15, 0.2) is 10.8 Å². The predicted octanol–water partition coefficient (Wildman–Crippen LogP) is 2.27. The summed E-state index contributed by atoms with van der Waals surface area (Å²) in [6, 6.07) is 12.2. The maximum Gasteiger partial charge on any atom is 0.274 e. The summed E-state index contributed by atoms with van der Waals surface area (Å²) in [6.07, 6.45) is 0. The molecule has 100 valence electrons. The summed E-state index contributed by atoms with van der Waals surface area (Å²) in [7, 11) is 1.66. The molecule has 2 rings (SSSR count). The Bertz CT molecular complexity index is 664. The first-order valence-electron chi connectivity index (χ1n) is 5.84. The lowest BCUT2D eigenvalue weighted by molar-refractivity contribution is 0.0778. The number of carbonyl (C=O) groups is 1. The zero-order valence-corrected chi connectivity index (χ0v) is 11.5. The van der Waals surface area contributed by atoms with Gasteiger partial charge in [-0.1, -0.05) is 23.7 Å². The first kappa shape index (κ1) is 14.0.